The maximum absolute atomic E-state index is 12.9. The van der Waals surface area contributed by atoms with Gasteiger partial charge in [-0.25, -0.2) is 4.79 Å². The van der Waals surface area contributed by atoms with Crippen LogP contribution in [0, 0.1) is 0 Å². The number of aliphatic carboxylic acids is 1. The zero-order valence-electron chi connectivity index (χ0n) is 39.4. The minimum atomic E-state index is -1.01. The summed E-state index contributed by atoms with van der Waals surface area (Å²) >= 11 is 0. The molecule has 0 rings (SSSR count). The van der Waals surface area contributed by atoms with Crippen LogP contribution in [0.5, 0.6) is 0 Å². The first-order chi connectivity index (χ1) is 30.4. The van der Waals surface area contributed by atoms with E-state index in [1.54, 1.807) is 0 Å². The van der Waals surface area contributed by atoms with Crippen molar-refractivity contribution in [2.24, 2.45) is 5.73 Å². The molecule has 0 aliphatic heterocycles. The van der Waals surface area contributed by atoms with Crippen LogP contribution in [0.25, 0.3) is 0 Å². The SMILES string of the molecule is CC/C=C\C/C=C\C/C=C\C/C=C\C/C=C\CCCCCCCCCC(=O)OC(CC/C=C\C/C=C\C/C=C\C/C=C\CC)CCCCCCCC(=O)NC(CCCN)C(=O)O. The Balaban J connectivity index is 4.38. The molecule has 62 heavy (non-hydrogen) atoms. The van der Waals surface area contributed by atoms with Gasteiger partial charge in [-0.3, -0.25) is 9.59 Å². The number of rotatable bonds is 43. The van der Waals surface area contributed by atoms with E-state index in [1.165, 1.54) is 32.1 Å². The van der Waals surface area contributed by atoms with Gasteiger partial charge >= 0.3 is 11.9 Å². The van der Waals surface area contributed by atoms with Gasteiger partial charge in [0.1, 0.15) is 12.1 Å². The van der Waals surface area contributed by atoms with Crippen LogP contribution in [-0.4, -0.2) is 41.6 Å². The van der Waals surface area contributed by atoms with Gasteiger partial charge in [0.15, 0.2) is 0 Å². The normalized spacial score (nSPS) is 13.6. The molecule has 0 radical (unpaired) electrons. The second-order valence-electron chi connectivity index (χ2n) is 16.1. The zero-order valence-corrected chi connectivity index (χ0v) is 39.4. The fourth-order valence-corrected chi connectivity index (χ4v) is 6.70. The van der Waals surface area contributed by atoms with Crippen LogP contribution in [0.2, 0.25) is 0 Å². The van der Waals surface area contributed by atoms with Crippen LogP contribution >= 0.6 is 0 Å². The van der Waals surface area contributed by atoms with E-state index in [2.05, 4.69) is 129 Å². The smallest absolute Gasteiger partial charge is 0.326 e. The van der Waals surface area contributed by atoms with Gasteiger partial charge in [-0.15, -0.1) is 0 Å². The average molecular weight is 859 g/mol. The highest BCUT2D eigenvalue weighted by molar-refractivity contribution is 5.83. The van der Waals surface area contributed by atoms with Crippen molar-refractivity contribution in [2.45, 2.75) is 212 Å². The Hall–Kier alpha value is -3.97. The molecule has 0 spiro atoms. The molecule has 0 fully saturated rings. The first-order valence-corrected chi connectivity index (χ1v) is 24.7. The van der Waals surface area contributed by atoms with Crippen molar-refractivity contribution in [1.82, 2.24) is 5.32 Å². The maximum atomic E-state index is 12.9. The number of carboxylic acid groups (broad SMARTS) is 1. The van der Waals surface area contributed by atoms with Crippen LogP contribution < -0.4 is 11.1 Å². The summed E-state index contributed by atoms with van der Waals surface area (Å²) in [5.41, 5.74) is 5.49. The van der Waals surface area contributed by atoms with Gasteiger partial charge in [0.2, 0.25) is 5.91 Å². The average Bonchev–Trinajstić information content (AvgIpc) is 3.26. The molecule has 7 heteroatoms. The number of amides is 1. The van der Waals surface area contributed by atoms with Crippen LogP contribution in [0.1, 0.15) is 200 Å². The number of carbonyl (C=O) groups excluding carboxylic acids is 2. The molecule has 4 N–H and O–H groups in total. The van der Waals surface area contributed by atoms with Gasteiger partial charge in [0.05, 0.1) is 0 Å². The second kappa shape index (κ2) is 48.1. The fraction of sp³-hybridized carbons (Fsp3) is 0.618. The summed E-state index contributed by atoms with van der Waals surface area (Å²) in [6.07, 6.45) is 67.1. The van der Waals surface area contributed by atoms with Crippen LogP contribution in [0.15, 0.2) is 109 Å². The Morgan fingerprint density at radius 3 is 1.34 bits per heavy atom. The van der Waals surface area contributed by atoms with Crippen molar-refractivity contribution >= 4 is 17.8 Å². The first-order valence-electron chi connectivity index (χ1n) is 24.7. The van der Waals surface area contributed by atoms with Crippen LogP contribution in [0.3, 0.4) is 0 Å². The highest BCUT2D eigenvalue weighted by Crippen LogP contribution is 2.17. The van der Waals surface area contributed by atoms with Crippen molar-refractivity contribution in [2.75, 3.05) is 6.54 Å². The number of nitrogens with two attached hydrogens (primary N) is 1. The molecule has 0 aromatic rings. The van der Waals surface area contributed by atoms with E-state index in [0.717, 1.165) is 128 Å². The third-order valence-corrected chi connectivity index (χ3v) is 10.3. The summed E-state index contributed by atoms with van der Waals surface area (Å²) in [6.45, 7) is 4.71. The molecular weight excluding hydrogens is 769 g/mol. The summed E-state index contributed by atoms with van der Waals surface area (Å²) in [7, 11) is 0. The number of unbranched alkanes of at least 4 members (excludes halogenated alkanes) is 11. The van der Waals surface area contributed by atoms with E-state index in [1.807, 2.05) is 0 Å². The third kappa shape index (κ3) is 44.1. The Morgan fingerprint density at radius 1 is 0.468 bits per heavy atom. The van der Waals surface area contributed by atoms with Gasteiger partial charge < -0.3 is 20.9 Å². The quantitative estimate of drug-likeness (QED) is 0.0319. The number of hydrogen-bond acceptors (Lipinski definition) is 5. The van der Waals surface area contributed by atoms with Gasteiger partial charge in [-0.1, -0.05) is 175 Å². The summed E-state index contributed by atoms with van der Waals surface area (Å²) in [5, 5.41) is 12.0. The van der Waals surface area contributed by atoms with E-state index in [-0.39, 0.29) is 18.0 Å². The number of carbonyl (C=O) groups is 3. The zero-order chi connectivity index (χ0) is 45.2. The lowest BCUT2D eigenvalue weighted by Gasteiger charge is -2.17. The minimum Gasteiger partial charge on any atom is -0.480 e. The Labute approximate surface area is 380 Å². The number of allylic oxidation sites excluding steroid dienone is 18. The number of ether oxygens (including phenoxy) is 1. The predicted octanol–water partition coefficient (Wildman–Crippen LogP) is 14.8. The van der Waals surface area contributed by atoms with Gasteiger partial charge in [0, 0.05) is 12.8 Å². The molecular formula is C55H90N2O5. The van der Waals surface area contributed by atoms with E-state index in [4.69, 9.17) is 10.5 Å². The monoisotopic (exact) mass is 859 g/mol. The number of carboxylic acids is 1. The molecule has 0 aliphatic rings. The lowest BCUT2D eigenvalue weighted by atomic mass is 10.0. The van der Waals surface area contributed by atoms with Crippen molar-refractivity contribution in [1.29, 1.82) is 0 Å². The second-order valence-corrected chi connectivity index (χ2v) is 16.1. The molecule has 2 unspecified atom stereocenters. The molecule has 7 nitrogen and oxygen atoms in total. The van der Waals surface area contributed by atoms with Crippen LogP contribution in [-0.2, 0) is 19.1 Å². The minimum absolute atomic E-state index is 0.0747. The highest BCUT2D eigenvalue weighted by atomic mass is 16.5. The number of hydrogen-bond donors (Lipinski definition) is 3. The van der Waals surface area contributed by atoms with Gasteiger partial charge in [-0.05, 0) is 129 Å². The number of nitrogens with one attached hydrogen (secondary N) is 1. The lowest BCUT2D eigenvalue weighted by molar-refractivity contribution is -0.150. The molecule has 1 amide bonds. The summed E-state index contributed by atoms with van der Waals surface area (Å²) in [6, 6.07) is -0.871. The van der Waals surface area contributed by atoms with E-state index in [0.29, 0.717) is 32.2 Å². The van der Waals surface area contributed by atoms with Crippen molar-refractivity contribution < 1.29 is 24.2 Å². The molecule has 2 atom stereocenters. The third-order valence-electron chi connectivity index (χ3n) is 10.3. The standard InChI is InChI=1S/C55H90N2O5/c1-3-5-7-9-11-13-15-17-18-19-20-21-22-23-24-25-26-28-30-32-34-39-43-49-54(59)62-51(45-40-36-33-31-29-27-16-14-12-10-8-6-4-2)46-41-37-35-38-42-48-53(58)57-52(55(60)61)47-44-50-56/h5-8,11-14,17-18,20-21,23-24,27,29,33,36,51-52H,3-4,9-10,15-16,19,22,25-26,28,30-32,34-35,37-50,56H2,1-2H3,(H,57,58)(H,60,61)/b7-5-,8-6-,13-11-,14-12-,18-17-,21-20-,24-23-,29-27-,36-33-. The molecule has 0 heterocycles. The molecule has 350 valence electrons. The summed E-state index contributed by atoms with van der Waals surface area (Å²) in [4.78, 5) is 36.5. The highest BCUT2D eigenvalue weighted by Gasteiger charge is 2.19. The van der Waals surface area contributed by atoms with Crippen LogP contribution in [0.4, 0.5) is 0 Å². The summed E-state index contributed by atoms with van der Waals surface area (Å²) < 4.78 is 6.03. The molecule has 0 bridgehead atoms. The largest absolute Gasteiger partial charge is 0.480 e. The molecule has 0 saturated carbocycles. The topological polar surface area (TPSA) is 119 Å². The molecule has 0 aromatic heterocycles. The maximum Gasteiger partial charge on any atom is 0.326 e. The van der Waals surface area contributed by atoms with Crippen molar-refractivity contribution in [3.05, 3.63) is 109 Å². The van der Waals surface area contributed by atoms with E-state index in [9.17, 15) is 19.5 Å². The summed E-state index contributed by atoms with van der Waals surface area (Å²) in [5.74, 6) is -1.31. The predicted molar refractivity (Wildman–Crippen MR) is 266 cm³/mol. The van der Waals surface area contributed by atoms with Gasteiger partial charge in [-0.2, -0.15) is 0 Å². The Morgan fingerprint density at radius 2 is 0.871 bits per heavy atom. The molecule has 0 aliphatic carbocycles. The number of esters is 1. The van der Waals surface area contributed by atoms with E-state index >= 15 is 0 Å². The molecule has 0 aromatic carbocycles. The van der Waals surface area contributed by atoms with Gasteiger partial charge in [0.25, 0.3) is 0 Å². The Kier molecular flexibility index (Phi) is 45.0. The Bertz CT molecular complexity index is 1330. The molecule has 0 saturated heterocycles. The van der Waals surface area contributed by atoms with Crippen molar-refractivity contribution in [3.63, 3.8) is 0 Å². The fourth-order valence-electron chi connectivity index (χ4n) is 6.70. The first kappa shape index (κ1) is 58.0. The van der Waals surface area contributed by atoms with E-state index < -0.39 is 12.0 Å². The van der Waals surface area contributed by atoms with Crippen molar-refractivity contribution in [3.8, 4) is 0 Å². The lowest BCUT2D eigenvalue weighted by Crippen LogP contribution is -2.40.